The van der Waals surface area contributed by atoms with E-state index in [4.69, 9.17) is 9.84 Å². The lowest BCUT2D eigenvalue weighted by atomic mass is 10.0. The predicted molar refractivity (Wildman–Crippen MR) is 68.9 cm³/mol. The van der Waals surface area contributed by atoms with Crippen LogP contribution in [0.3, 0.4) is 0 Å². The summed E-state index contributed by atoms with van der Waals surface area (Å²) in [6.45, 7) is 1.18. The number of methoxy groups -OCH3 is 1. The molecule has 112 valence electrons. The standard InChI is InChI=1S/C13H20N2O5/c1-20-7-11(16)14-8-2-4-15(5-3-8)12(17)9-6-10(9)13(18)19/h8-10H,2-7H2,1H3,(H,14,16)(H,18,19). The topological polar surface area (TPSA) is 95.9 Å². The smallest absolute Gasteiger partial charge is 0.307 e. The van der Waals surface area contributed by atoms with Crippen LogP contribution >= 0.6 is 0 Å². The molecule has 0 aromatic heterocycles. The highest BCUT2D eigenvalue weighted by Gasteiger charge is 2.50. The van der Waals surface area contributed by atoms with Gasteiger partial charge in [-0.2, -0.15) is 0 Å². The first-order valence-corrected chi connectivity index (χ1v) is 6.82. The summed E-state index contributed by atoms with van der Waals surface area (Å²) in [6.07, 6.45) is 1.86. The maximum atomic E-state index is 12.1. The highest BCUT2D eigenvalue weighted by molar-refractivity contribution is 5.89. The van der Waals surface area contributed by atoms with E-state index in [0.717, 1.165) is 0 Å². The van der Waals surface area contributed by atoms with Crippen LogP contribution in [0.25, 0.3) is 0 Å². The fourth-order valence-electron chi connectivity index (χ4n) is 2.62. The molecule has 20 heavy (non-hydrogen) atoms. The van der Waals surface area contributed by atoms with Gasteiger partial charge in [0.05, 0.1) is 11.8 Å². The van der Waals surface area contributed by atoms with Gasteiger partial charge in [0, 0.05) is 26.2 Å². The molecule has 2 rings (SSSR count). The number of carbonyl (C=O) groups excluding carboxylic acids is 2. The van der Waals surface area contributed by atoms with Gasteiger partial charge in [0.1, 0.15) is 6.61 Å². The third kappa shape index (κ3) is 3.47. The SMILES string of the molecule is COCC(=O)NC1CCN(C(=O)C2CC2C(=O)O)CC1. The van der Waals surface area contributed by atoms with E-state index in [0.29, 0.717) is 32.4 Å². The van der Waals surface area contributed by atoms with Crippen molar-refractivity contribution in [3.05, 3.63) is 0 Å². The fourth-order valence-corrected chi connectivity index (χ4v) is 2.62. The Morgan fingerprint density at radius 3 is 2.40 bits per heavy atom. The molecule has 2 N–H and O–H groups in total. The van der Waals surface area contributed by atoms with Crippen molar-refractivity contribution in [2.24, 2.45) is 11.8 Å². The molecule has 2 fully saturated rings. The van der Waals surface area contributed by atoms with E-state index < -0.39 is 11.9 Å². The number of hydrogen-bond donors (Lipinski definition) is 2. The Morgan fingerprint density at radius 1 is 1.25 bits per heavy atom. The molecule has 1 saturated carbocycles. The largest absolute Gasteiger partial charge is 0.481 e. The van der Waals surface area contributed by atoms with Crippen LogP contribution in [0.15, 0.2) is 0 Å². The molecule has 0 aromatic carbocycles. The first-order valence-electron chi connectivity index (χ1n) is 6.82. The highest BCUT2D eigenvalue weighted by atomic mass is 16.5. The third-order valence-electron chi connectivity index (χ3n) is 3.87. The number of nitrogens with zero attached hydrogens (tertiary/aromatic N) is 1. The first-order chi connectivity index (χ1) is 9.52. The van der Waals surface area contributed by atoms with Gasteiger partial charge < -0.3 is 20.1 Å². The summed E-state index contributed by atoms with van der Waals surface area (Å²) in [6, 6.07) is 0.0659. The van der Waals surface area contributed by atoms with Gasteiger partial charge in [-0.25, -0.2) is 0 Å². The molecule has 0 bridgehead atoms. The normalized spacial score (nSPS) is 26.1. The summed E-state index contributed by atoms with van der Waals surface area (Å²) in [5.74, 6) is -1.93. The number of piperidine rings is 1. The van der Waals surface area contributed by atoms with Gasteiger partial charge in [-0.3, -0.25) is 14.4 Å². The van der Waals surface area contributed by atoms with Crippen molar-refractivity contribution < 1.29 is 24.2 Å². The molecule has 1 saturated heterocycles. The van der Waals surface area contributed by atoms with Crippen molar-refractivity contribution in [1.29, 1.82) is 0 Å². The zero-order valence-corrected chi connectivity index (χ0v) is 11.5. The monoisotopic (exact) mass is 284 g/mol. The molecule has 0 radical (unpaired) electrons. The summed E-state index contributed by atoms with van der Waals surface area (Å²) < 4.78 is 4.75. The highest BCUT2D eigenvalue weighted by Crippen LogP contribution is 2.40. The van der Waals surface area contributed by atoms with Crippen molar-refractivity contribution in [3.8, 4) is 0 Å². The van der Waals surface area contributed by atoms with Crippen LogP contribution in [-0.4, -0.2) is 60.6 Å². The van der Waals surface area contributed by atoms with Crippen molar-refractivity contribution >= 4 is 17.8 Å². The van der Waals surface area contributed by atoms with Crippen molar-refractivity contribution in [2.75, 3.05) is 26.8 Å². The number of nitrogens with one attached hydrogen (secondary N) is 1. The molecule has 2 amide bonds. The van der Waals surface area contributed by atoms with Crippen LogP contribution in [0, 0.1) is 11.8 Å². The van der Waals surface area contributed by atoms with Crippen LogP contribution < -0.4 is 5.32 Å². The van der Waals surface area contributed by atoms with E-state index in [9.17, 15) is 14.4 Å². The molecule has 0 aromatic rings. The van der Waals surface area contributed by atoms with Gasteiger partial charge >= 0.3 is 5.97 Å². The Kier molecular flexibility index (Phi) is 4.59. The summed E-state index contributed by atoms with van der Waals surface area (Å²) in [7, 11) is 1.47. The summed E-state index contributed by atoms with van der Waals surface area (Å²) in [5.41, 5.74) is 0. The molecule has 2 aliphatic rings. The molecule has 1 heterocycles. The zero-order valence-electron chi connectivity index (χ0n) is 11.5. The summed E-state index contributed by atoms with van der Waals surface area (Å²) >= 11 is 0. The maximum Gasteiger partial charge on any atom is 0.307 e. The Balaban J connectivity index is 1.73. The van der Waals surface area contributed by atoms with Crippen molar-refractivity contribution in [1.82, 2.24) is 10.2 Å². The average molecular weight is 284 g/mol. The van der Waals surface area contributed by atoms with E-state index in [1.807, 2.05) is 0 Å². The molecule has 2 atom stereocenters. The number of amides is 2. The Morgan fingerprint density at radius 2 is 1.90 bits per heavy atom. The Hall–Kier alpha value is -1.63. The number of ether oxygens (including phenoxy) is 1. The number of likely N-dealkylation sites (tertiary alicyclic amines) is 1. The number of carbonyl (C=O) groups is 3. The zero-order chi connectivity index (χ0) is 14.7. The number of rotatable bonds is 5. The van der Waals surface area contributed by atoms with Crippen LogP contribution in [-0.2, 0) is 19.1 Å². The molecular formula is C13H20N2O5. The Bertz CT molecular complexity index is 404. The van der Waals surface area contributed by atoms with Crippen LogP contribution in [0.1, 0.15) is 19.3 Å². The van der Waals surface area contributed by atoms with Gasteiger partial charge in [-0.15, -0.1) is 0 Å². The van der Waals surface area contributed by atoms with Crippen LogP contribution in [0.2, 0.25) is 0 Å². The molecular weight excluding hydrogens is 264 g/mol. The van der Waals surface area contributed by atoms with E-state index in [1.54, 1.807) is 4.90 Å². The minimum Gasteiger partial charge on any atom is -0.481 e. The number of hydrogen-bond acceptors (Lipinski definition) is 4. The first kappa shape index (κ1) is 14.8. The van der Waals surface area contributed by atoms with E-state index in [1.165, 1.54) is 7.11 Å². The van der Waals surface area contributed by atoms with Gasteiger partial charge in [-0.05, 0) is 19.3 Å². The van der Waals surface area contributed by atoms with Crippen LogP contribution in [0.4, 0.5) is 0 Å². The fraction of sp³-hybridized carbons (Fsp3) is 0.769. The molecule has 2 unspecified atom stereocenters. The minimum atomic E-state index is -0.884. The predicted octanol–water partition coefficient (Wildman–Crippen LogP) is -0.539. The molecule has 7 heteroatoms. The minimum absolute atomic E-state index is 0.0432. The second-order valence-electron chi connectivity index (χ2n) is 5.39. The Labute approximate surface area is 117 Å². The van der Waals surface area contributed by atoms with Gasteiger partial charge in [0.15, 0.2) is 0 Å². The van der Waals surface area contributed by atoms with Gasteiger partial charge in [0.25, 0.3) is 0 Å². The second-order valence-corrected chi connectivity index (χ2v) is 5.39. The average Bonchev–Trinajstić information content (AvgIpc) is 3.19. The molecule has 0 spiro atoms. The van der Waals surface area contributed by atoms with Gasteiger partial charge in [0.2, 0.25) is 11.8 Å². The van der Waals surface area contributed by atoms with E-state index >= 15 is 0 Å². The lowest BCUT2D eigenvalue weighted by Crippen LogP contribution is -2.47. The molecule has 7 nitrogen and oxygen atoms in total. The van der Waals surface area contributed by atoms with Crippen molar-refractivity contribution in [2.45, 2.75) is 25.3 Å². The molecule has 1 aliphatic heterocycles. The number of carboxylic acid groups (broad SMARTS) is 1. The lowest BCUT2D eigenvalue weighted by molar-refractivity contribution is -0.142. The lowest BCUT2D eigenvalue weighted by Gasteiger charge is -2.32. The van der Waals surface area contributed by atoms with E-state index in [2.05, 4.69) is 5.32 Å². The van der Waals surface area contributed by atoms with Crippen molar-refractivity contribution in [3.63, 3.8) is 0 Å². The quantitative estimate of drug-likeness (QED) is 0.707. The summed E-state index contributed by atoms with van der Waals surface area (Å²) in [5, 5.41) is 11.7. The summed E-state index contributed by atoms with van der Waals surface area (Å²) in [4.78, 5) is 35.9. The molecule has 1 aliphatic carbocycles. The van der Waals surface area contributed by atoms with Gasteiger partial charge in [-0.1, -0.05) is 0 Å². The number of carboxylic acids is 1. The third-order valence-corrected chi connectivity index (χ3v) is 3.87. The second kappa shape index (κ2) is 6.21. The van der Waals surface area contributed by atoms with Crippen LogP contribution in [0.5, 0.6) is 0 Å². The maximum absolute atomic E-state index is 12.1. The number of aliphatic carboxylic acids is 1. The van der Waals surface area contributed by atoms with E-state index in [-0.39, 0.29) is 30.4 Å².